The Kier molecular flexibility index (Phi) is 6.05. The molecule has 0 aliphatic carbocycles. The van der Waals surface area contributed by atoms with Crippen LogP contribution < -0.4 is 0 Å². The molecule has 1 aromatic heterocycles. The van der Waals surface area contributed by atoms with Crippen LogP contribution in [0.4, 0.5) is 0 Å². The molecule has 1 amide bonds. The number of hydrogen-bond acceptors (Lipinski definition) is 6. The smallest absolute Gasteiger partial charge is 0.342 e. The molecule has 0 spiro atoms. The molecule has 1 aromatic rings. The molecular formula is C16H21ClN2O5S. The van der Waals surface area contributed by atoms with Crippen LogP contribution in [-0.2, 0) is 19.4 Å². The van der Waals surface area contributed by atoms with Crippen molar-refractivity contribution in [2.75, 3.05) is 24.7 Å². The van der Waals surface area contributed by atoms with Crippen LogP contribution in [0.25, 0.3) is 0 Å². The lowest BCUT2D eigenvalue weighted by molar-refractivity contribution is -0.136. The molecule has 0 radical (unpaired) electrons. The summed E-state index contributed by atoms with van der Waals surface area (Å²) >= 11 is 6.00. The van der Waals surface area contributed by atoms with Crippen molar-refractivity contribution in [2.24, 2.45) is 0 Å². The lowest BCUT2D eigenvalue weighted by atomic mass is 10.1. The maximum atomic E-state index is 12.3. The number of aromatic nitrogens is 1. The Hall–Kier alpha value is -1.67. The molecule has 0 unspecified atom stereocenters. The number of rotatable bonds is 5. The average Bonchev–Trinajstić information content (AvgIpc) is 2.84. The molecular weight excluding hydrogens is 368 g/mol. The third kappa shape index (κ3) is 4.70. The van der Waals surface area contributed by atoms with E-state index in [1.807, 2.05) is 0 Å². The van der Waals surface area contributed by atoms with Gasteiger partial charge in [-0.25, -0.2) is 18.2 Å². The van der Waals surface area contributed by atoms with Gasteiger partial charge in [0.25, 0.3) is 5.91 Å². The summed E-state index contributed by atoms with van der Waals surface area (Å²) in [5.41, 5.74) is 1.42. The molecule has 25 heavy (non-hydrogen) atoms. The Labute approximate surface area is 152 Å². The van der Waals surface area contributed by atoms with Crippen molar-refractivity contribution in [3.63, 3.8) is 0 Å². The number of sulfone groups is 1. The van der Waals surface area contributed by atoms with Gasteiger partial charge < -0.3 is 9.64 Å². The fourth-order valence-corrected chi connectivity index (χ4v) is 5.07. The number of carbonyl (C=O) groups is 2. The van der Waals surface area contributed by atoms with Crippen LogP contribution in [0.3, 0.4) is 0 Å². The number of aryl methyl sites for hydroxylation is 2. The van der Waals surface area contributed by atoms with Gasteiger partial charge in [0.15, 0.2) is 16.4 Å². The van der Waals surface area contributed by atoms with Crippen molar-refractivity contribution in [3.05, 3.63) is 28.0 Å². The van der Waals surface area contributed by atoms with E-state index in [0.29, 0.717) is 24.2 Å². The molecule has 0 saturated carbocycles. The van der Waals surface area contributed by atoms with Gasteiger partial charge in [0.2, 0.25) is 0 Å². The molecule has 2 heterocycles. The van der Waals surface area contributed by atoms with E-state index in [-0.39, 0.29) is 28.3 Å². The van der Waals surface area contributed by atoms with Crippen LogP contribution in [0, 0.1) is 13.8 Å². The van der Waals surface area contributed by atoms with Crippen LogP contribution in [0.1, 0.15) is 35.0 Å². The van der Waals surface area contributed by atoms with E-state index >= 15 is 0 Å². The van der Waals surface area contributed by atoms with Crippen molar-refractivity contribution >= 4 is 33.3 Å². The second kappa shape index (κ2) is 7.70. The first kappa shape index (κ1) is 19.7. The Bertz CT molecular complexity index is 771. The number of halogens is 1. The predicted molar refractivity (Wildman–Crippen MR) is 93.4 cm³/mol. The van der Waals surface area contributed by atoms with E-state index in [2.05, 4.69) is 4.98 Å². The summed E-state index contributed by atoms with van der Waals surface area (Å²) in [7, 11) is -3.10. The van der Waals surface area contributed by atoms with Gasteiger partial charge >= 0.3 is 5.97 Å². The molecule has 138 valence electrons. The summed E-state index contributed by atoms with van der Waals surface area (Å²) in [5.74, 6) is -1.12. The number of likely N-dealkylation sites (N-methyl/N-ethyl adjacent to an activating group) is 1. The summed E-state index contributed by atoms with van der Waals surface area (Å²) in [6.45, 7) is 5.11. The first-order valence-corrected chi connectivity index (χ1v) is 10.1. The van der Waals surface area contributed by atoms with Gasteiger partial charge in [-0.3, -0.25) is 4.79 Å². The van der Waals surface area contributed by atoms with Crippen LogP contribution >= 0.6 is 11.6 Å². The van der Waals surface area contributed by atoms with Crippen molar-refractivity contribution in [1.82, 2.24) is 9.88 Å². The number of amides is 1. The zero-order valence-corrected chi connectivity index (χ0v) is 16.0. The summed E-state index contributed by atoms with van der Waals surface area (Å²) in [5, 5.41) is 0.0317. The highest BCUT2D eigenvalue weighted by Crippen LogP contribution is 2.21. The van der Waals surface area contributed by atoms with E-state index < -0.39 is 28.3 Å². The van der Waals surface area contributed by atoms with Crippen molar-refractivity contribution < 1.29 is 22.7 Å². The largest absolute Gasteiger partial charge is 0.452 e. The van der Waals surface area contributed by atoms with E-state index in [1.54, 1.807) is 26.8 Å². The fraction of sp³-hybridized carbons (Fsp3) is 0.562. The number of ether oxygens (including phenoxy) is 1. The number of esters is 1. The molecule has 0 bridgehead atoms. The molecule has 1 fully saturated rings. The standard InChI is InChI=1S/C16H21ClN2O5S/c1-4-19(12-5-6-25(22,23)9-12)13(20)8-24-16(21)14-10(2)7-11(3)18-15(14)17/h7,12H,4-6,8-9H2,1-3H3/t12-/m1/s1. The number of hydrogen-bond donors (Lipinski definition) is 0. The van der Waals surface area contributed by atoms with Gasteiger partial charge in [0.1, 0.15) is 5.15 Å². The van der Waals surface area contributed by atoms with Crippen molar-refractivity contribution in [3.8, 4) is 0 Å². The van der Waals surface area contributed by atoms with Crippen LogP contribution in [0.15, 0.2) is 6.07 Å². The molecule has 2 rings (SSSR count). The van der Waals surface area contributed by atoms with E-state index in [4.69, 9.17) is 16.3 Å². The van der Waals surface area contributed by atoms with Gasteiger partial charge in [-0.2, -0.15) is 0 Å². The first-order valence-electron chi connectivity index (χ1n) is 7.95. The van der Waals surface area contributed by atoms with Crippen LogP contribution in [-0.4, -0.2) is 60.9 Å². The Balaban J connectivity index is 2.02. The van der Waals surface area contributed by atoms with Gasteiger partial charge in [-0.15, -0.1) is 0 Å². The average molecular weight is 389 g/mol. The Morgan fingerprint density at radius 1 is 1.40 bits per heavy atom. The van der Waals surface area contributed by atoms with E-state index in [0.717, 1.165) is 0 Å². The maximum Gasteiger partial charge on any atom is 0.342 e. The minimum absolute atomic E-state index is 0.0317. The van der Waals surface area contributed by atoms with Crippen LogP contribution in [0.5, 0.6) is 0 Å². The minimum Gasteiger partial charge on any atom is -0.452 e. The van der Waals surface area contributed by atoms with Gasteiger partial charge in [0.05, 0.1) is 17.1 Å². The normalized spacial score (nSPS) is 18.8. The van der Waals surface area contributed by atoms with Gasteiger partial charge in [0, 0.05) is 18.3 Å². The van der Waals surface area contributed by atoms with E-state index in [9.17, 15) is 18.0 Å². The maximum absolute atomic E-state index is 12.3. The zero-order valence-electron chi connectivity index (χ0n) is 14.4. The van der Waals surface area contributed by atoms with E-state index in [1.165, 1.54) is 4.90 Å². The SMILES string of the molecule is CCN(C(=O)COC(=O)c1c(C)cc(C)nc1Cl)[C@@H]1CCS(=O)(=O)C1. The number of pyridine rings is 1. The monoisotopic (exact) mass is 388 g/mol. The minimum atomic E-state index is -3.10. The highest BCUT2D eigenvalue weighted by Gasteiger charge is 2.34. The molecule has 0 N–H and O–H groups in total. The molecule has 7 nitrogen and oxygen atoms in total. The molecule has 1 atom stereocenters. The lowest BCUT2D eigenvalue weighted by Gasteiger charge is -2.26. The topological polar surface area (TPSA) is 93.6 Å². The van der Waals surface area contributed by atoms with Crippen LogP contribution in [0.2, 0.25) is 5.15 Å². The molecule has 0 aromatic carbocycles. The Morgan fingerprint density at radius 2 is 2.08 bits per heavy atom. The van der Waals surface area contributed by atoms with Crippen molar-refractivity contribution in [2.45, 2.75) is 33.2 Å². The highest BCUT2D eigenvalue weighted by atomic mass is 35.5. The summed E-state index contributed by atoms with van der Waals surface area (Å²) in [6.07, 6.45) is 0.405. The predicted octanol–water partition coefficient (Wildman–Crippen LogP) is 1.54. The molecule has 1 aliphatic rings. The molecule has 1 saturated heterocycles. The summed E-state index contributed by atoms with van der Waals surface area (Å²) < 4.78 is 28.3. The van der Waals surface area contributed by atoms with Crippen molar-refractivity contribution in [1.29, 1.82) is 0 Å². The number of carbonyl (C=O) groups excluding carboxylic acids is 2. The summed E-state index contributed by atoms with van der Waals surface area (Å²) in [4.78, 5) is 30.0. The zero-order chi connectivity index (χ0) is 18.8. The number of nitrogens with zero attached hydrogens (tertiary/aromatic N) is 2. The quantitative estimate of drug-likeness (QED) is 0.561. The third-order valence-corrected chi connectivity index (χ3v) is 6.17. The molecule has 1 aliphatic heterocycles. The Morgan fingerprint density at radius 3 is 2.60 bits per heavy atom. The second-order valence-electron chi connectivity index (χ2n) is 6.06. The highest BCUT2D eigenvalue weighted by molar-refractivity contribution is 7.91. The summed E-state index contributed by atoms with van der Waals surface area (Å²) in [6, 6.07) is 1.33. The third-order valence-electron chi connectivity index (χ3n) is 4.14. The van der Waals surface area contributed by atoms with Gasteiger partial charge in [-0.05, 0) is 38.8 Å². The fourth-order valence-electron chi connectivity index (χ4n) is 2.98. The molecule has 9 heteroatoms. The lowest BCUT2D eigenvalue weighted by Crippen LogP contribution is -2.43. The first-order chi connectivity index (χ1) is 11.6. The van der Waals surface area contributed by atoms with Gasteiger partial charge in [-0.1, -0.05) is 11.6 Å². The second-order valence-corrected chi connectivity index (χ2v) is 8.65.